The van der Waals surface area contributed by atoms with Gasteiger partial charge in [0.05, 0.1) is 0 Å². The molecule has 3 nitrogen and oxygen atoms in total. The molecule has 0 aliphatic rings. The van der Waals surface area contributed by atoms with E-state index in [1.165, 1.54) is 0 Å². The summed E-state index contributed by atoms with van der Waals surface area (Å²) in [6.07, 6.45) is 4.33. The van der Waals surface area contributed by atoms with Crippen LogP contribution in [0, 0.1) is 6.92 Å². The molecule has 0 saturated carbocycles. The Morgan fingerprint density at radius 3 is 2.32 bits per heavy atom. The van der Waals surface area contributed by atoms with Crippen LogP contribution in [0.1, 0.15) is 29.3 Å². The largest absolute Gasteiger partial charge is 0.308 e. The van der Waals surface area contributed by atoms with E-state index in [1.54, 1.807) is 17.3 Å². The highest BCUT2D eigenvalue weighted by molar-refractivity contribution is 6.06. The normalized spacial score (nSPS) is 10.2. The average molecular weight is 254 g/mol. The van der Waals surface area contributed by atoms with Crippen molar-refractivity contribution < 1.29 is 4.79 Å². The number of nitrogens with zero attached hydrogens (tertiary/aromatic N) is 2. The third-order valence-corrected chi connectivity index (χ3v) is 2.97. The number of hydrogen-bond acceptors (Lipinski definition) is 2. The topological polar surface area (TPSA) is 33.2 Å². The fourth-order valence-corrected chi connectivity index (χ4v) is 1.95. The molecule has 0 unspecified atom stereocenters. The van der Waals surface area contributed by atoms with Crippen molar-refractivity contribution in [3.05, 3.63) is 59.9 Å². The van der Waals surface area contributed by atoms with Crippen LogP contribution in [0.4, 0.5) is 5.69 Å². The monoisotopic (exact) mass is 254 g/mol. The van der Waals surface area contributed by atoms with Gasteiger partial charge in [0, 0.05) is 30.2 Å². The second-order valence-electron chi connectivity index (χ2n) is 4.53. The smallest absolute Gasteiger partial charge is 0.258 e. The molecule has 2 rings (SSSR count). The van der Waals surface area contributed by atoms with E-state index < -0.39 is 0 Å². The lowest BCUT2D eigenvalue weighted by atomic mass is 10.1. The number of carbonyl (C=O) groups is 1. The summed E-state index contributed by atoms with van der Waals surface area (Å²) >= 11 is 0. The summed E-state index contributed by atoms with van der Waals surface area (Å²) in [5.41, 5.74) is 2.76. The van der Waals surface area contributed by atoms with Crippen LogP contribution in [-0.4, -0.2) is 17.4 Å². The first-order valence-electron chi connectivity index (χ1n) is 6.51. The van der Waals surface area contributed by atoms with Crippen molar-refractivity contribution in [2.24, 2.45) is 0 Å². The number of anilines is 1. The zero-order valence-electron chi connectivity index (χ0n) is 11.3. The SMILES string of the molecule is CCCN(C(=O)c1ccc(C)cc1)c1ccncc1. The summed E-state index contributed by atoms with van der Waals surface area (Å²) in [5, 5.41) is 0. The number of hydrogen-bond donors (Lipinski definition) is 0. The summed E-state index contributed by atoms with van der Waals surface area (Å²) in [5.74, 6) is 0.0352. The molecule has 0 aliphatic carbocycles. The molecule has 1 heterocycles. The molecular weight excluding hydrogens is 236 g/mol. The maximum Gasteiger partial charge on any atom is 0.258 e. The van der Waals surface area contributed by atoms with Gasteiger partial charge in [-0.2, -0.15) is 0 Å². The van der Waals surface area contributed by atoms with Gasteiger partial charge in [-0.15, -0.1) is 0 Å². The Bertz CT molecular complexity index is 534. The van der Waals surface area contributed by atoms with Crippen LogP contribution in [0.15, 0.2) is 48.8 Å². The van der Waals surface area contributed by atoms with Crippen molar-refractivity contribution in [3.63, 3.8) is 0 Å². The molecule has 3 heteroatoms. The Morgan fingerprint density at radius 1 is 1.11 bits per heavy atom. The molecule has 0 N–H and O–H groups in total. The van der Waals surface area contributed by atoms with E-state index >= 15 is 0 Å². The van der Waals surface area contributed by atoms with Crippen LogP contribution in [-0.2, 0) is 0 Å². The third kappa shape index (κ3) is 3.19. The molecule has 0 saturated heterocycles. The maximum absolute atomic E-state index is 12.6. The van der Waals surface area contributed by atoms with Gasteiger partial charge in [-0.25, -0.2) is 0 Å². The molecule has 1 amide bonds. The number of aryl methyl sites for hydroxylation is 1. The molecule has 98 valence electrons. The Hall–Kier alpha value is -2.16. The molecule has 0 radical (unpaired) electrons. The van der Waals surface area contributed by atoms with Gasteiger partial charge in [0.2, 0.25) is 0 Å². The molecule has 0 aliphatic heterocycles. The van der Waals surface area contributed by atoms with Crippen molar-refractivity contribution >= 4 is 11.6 Å². The summed E-state index contributed by atoms with van der Waals surface area (Å²) in [6, 6.07) is 11.4. The van der Waals surface area contributed by atoms with E-state index in [9.17, 15) is 4.79 Å². The summed E-state index contributed by atoms with van der Waals surface area (Å²) in [7, 11) is 0. The minimum Gasteiger partial charge on any atom is -0.308 e. The number of pyridine rings is 1. The molecule has 2 aromatic rings. The van der Waals surface area contributed by atoms with E-state index in [-0.39, 0.29) is 5.91 Å². The predicted molar refractivity (Wildman–Crippen MR) is 77.4 cm³/mol. The zero-order valence-corrected chi connectivity index (χ0v) is 11.3. The van der Waals surface area contributed by atoms with Crippen molar-refractivity contribution in [1.29, 1.82) is 0 Å². The number of rotatable bonds is 4. The van der Waals surface area contributed by atoms with E-state index in [1.807, 2.05) is 43.3 Å². The van der Waals surface area contributed by atoms with Crippen LogP contribution in [0.3, 0.4) is 0 Å². The summed E-state index contributed by atoms with van der Waals surface area (Å²) in [6.45, 7) is 4.79. The van der Waals surface area contributed by atoms with Crippen LogP contribution in [0.25, 0.3) is 0 Å². The number of aromatic nitrogens is 1. The molecule has 0 fully saturated rings. The Kier molecular flexibility index (Phi) is 4.29. The summed E-state index contributed by atoms with van der Waals surface area (Å²) in [4.78, 5) is 18.3. The minimum absolute atomic E-state index is 0.0352. The standard InChI is InChI=1S/C16H18N2O/c1-3-12-18(15-8-10-17-11-9-15)16(19)14-6-4-13(2)5-7-14/h4-11H,3,12H2,1-2H3. The van der Waals surface area contributed by atoms with Crippen LogP contribution < -0.4 is 4.90 Å². The van der Waals surface area contributed by atoms with E-state index in [4.69, 9.17) is 0 Å². The minimum atomic E-state index is 0.0352. The second kappa shape index (κ2) is 6.14. The van der Waals surface area contributed by atoms with E-state index in [0.29, 0.717) is 6.54 Å². The highest BCUT2D eigenvalue weighted by Gasteiger charge is 2.16. The number of carbonyl (C=O) groups excluding carboxylic acids is 1. The quantitative estimate of drug-likeness (QED) is 0.837. The van der Waals surface area contributed by atoms with Gasteiger partial charge >= 0.3 is 0 Å². The second-order valence-corrected chi connectivity index (χ2v) is 4.53. The number of benzene rings is 1. The van der Waals surface area contributed by atoms with Gasteiger partial charge in [-0.3, -0.25) is 9.78 Å². The lowest BCUT2D eigenvalue weighted by Gasteiger charge is -2.22. The zero-order chi connectivity index (χ0) is 13.7. The van der Waals surface area contributed by atoms with Crippen molar-refractivity contribution in [1.82, 2.24) is 4.98 Å². The van der Waals surface area contributed by atoms with Crippen molar-refractivity contribution in [2.45, 2.75) is 20.3 Å². The summed E-state index contributed by atoms with van der Waals surface area (Å²) < 4.78 is 0. The molecule has 0 spiro atoms. The lowest BCUT2D eigenvalue weighted by Crippen LogP contribution is -2.31. The van der Waals surface area contributed by atoms with Gasteiger partial charge in [-0.1, -0.05) is 24.6 Å². The maximum atomic E-state index is 12.6. The fraction of sp³-hybridized carbons (Fsp3) is 0.250. The van der Waals surface area contributed by atoms with Crippen molar-refractivity contribution in [2.75, 3.05) is 11.4 Å². The predicted octanol–water partition coefficient (Wildman–Crippen LogP) is 3.45. The Balaban J connectivity index is 2.29. The van der Waals surface area contributed by atoms with Gasteiger partial charge in [0.15, 0.2) is 0 Å². The van der Waals surface area contributed by atoms with Crippen LogP contribution in [0.5, 0.6) is 0 Å². The van der Waals surface area contributed by atoms with Crippen molar-refractivity contribution in [3.8, 4) is 0 Å². The van der Waals surface area contributed by atoms with Gasteiger partial charge in [-0.05, 0) is 37.6 Å². The first-order chi connectivity index (χ1) is 9.22. The van der Waals surface area contributed by atoms with Gasteiger partial charge in [0.25, 0.3) is 5.91 Å². The molecule has 0 atom stereocenters. The third-order valence-electron chi connectivity index (χ3n) is 2.97. The molecule has 0 bridgehead atoms. The Morgan fingerprint density at radius 2 is 1.74 bits per heavy atom. The van der Waals surface area contributed by atoms with Gasteiger partial charge in [0.1, 0.15) is 0 Å². The molecule has 1 aromatic heterocycles. The first kappa shape index (κ1) is 13.3. The average Bonchev–Trinajstić information content (AvgIpc) is 2.46. The highest BCUT2D eigenvalue weighted by atomic mass is 16.2. The first-order valence-corrected chi connectivity index (χ1v) is 6.51. The molecular formula is C16H18N2O. The van der Waals surface area contributed by atoms with Crippen LogP contribution >= 0.6 is 0 Å². The lowest BCUT2D eigenvalue weighted by molar-refractivity contribution is 0.0987. The van der Waals surface area contributed by atoms with E-state index in [2.05, 4.69) is 11.9 Å². The Labute approximate surface area is 113 Å². The van der Waals surface area contributed by atoms with Gasteiger partial charge < -0.3 is 4.90 Å². The molecule has 19 heavy (non-hydrogen) atoms. The molecule has 1 aromatic carbocycles. The highest BCUT2D eigenvalue weighted by Crippen LogP contribution is 2.17. The fourth-order valence-electron chi connectivity index (χ4n) is 1.95. The number of amides is 1. The van der Waals surface area contributed by atoms with Crippen LogP contribution in [0.2, 0.25) is 0 Å². The van der Waals surface area contributed by atoms with E-state index in [0.717, 1.165) is 23.2 Å².